The molecule has 4 aromatic rings. The highest BCUT2D eigenvalue weighted by molar-refractivity contribution is 7.56. The molecule has 0 saturated heterocycles. The Morgan fingerprint density at radius 3 is 1.16 bits per heavy atom. The predicted octanol–water partition coefficient (Wildman–Crippen LogP) is 5.65. The van der Waals surface area contributed by atoms with E-state index in [2.05, 4.69) is 109 Å². The molecule has 0 N–H and O–H groups in total. The Balaban J connectivity index is 1.76. The largest absolute Gasteiger partial charge is 0.0622 e. The van der Waals surface area contributed by atoms with Gasteiger partial charge in [-0.2, -0.15) is 0 Å². The van der Waals surface area contributed by atoms with Crippen LogP contribution in [0.2, 0.25) is 0 Å². The smallest absolute Gasteiger partial charge is 0.0106 e. The molecular formula is C24H19P. The molecule has 120 valence electrons. The summed E-state index contributed by atoms with van der Waals surface area (Å²) in [5.74, 6) is 0. The Bertz CT molecular complexity index is 878. The highest BCUT2D eigenvalue weighted by atomic mass is 31.1. The summed E-state index contributed by atoms with van der Waals surface area (Å²) >= 11 is 0. The van der Waals surface area contributed by atoms with Crippen LogP contribution in [0.1, 0.15) is 0 Å². The summed E-state index contributed by atoms with van der Waals surface area (Å²) in [4.78, 5) is 0. The Labute approximate surface area is 151 Å². The average Bonchev–Trinajstić information content (AvgIpc) is 2.70. The van der Waals surface area contributed by atoms with Crippen molar-refractivity contribution in [2.75, 3.05) is 0 Å². The van der Waals surface area contributed by atoms with Gasteiger partial charge in [-0.15, -0.1) is 0 Å². The van der Waals surface area contributed by atoms with Gasteiger partial charge in [-0.1, -0.05) is 118 Å². The molecule has 0 aliphatic carbocycles. The molecule has 0 aliphatic heterocycles. The lowest BCUT2D eigenvalue weighted by Crippen LogP contribution is -2.08. The van der Waals surface area contributed by atoms with E-state index in [1.165, 1.54) is 32.9 Å². The van der Waals surface area contributed by atoms with Gasteiger partial charge in [0, 0.05) is 0 Å². The molecule has 0 aromatic heterocycles. The molecule has 0 atom stereocenters. The Morgan fingerprint density at radius 2 is 0.720 bits per heavy atom. The predicted molar refractivity (Wildman–Crippen MR) is 111 cm³/mol. The second-order valence-corrected chi connectivity index (χ2v) is 7.28. The van der Waals surface area contributed by atoms with Gasteiger partial charge in [-0.3, -0.25) is 0 Å². The third-order valence-corrected chi connectivity index (χ3v) is 5.70. The maximum atomic E-state index is 2.25. The minimum atomic E-state index is 0.625. The number of benzene rings is 4. The summed E-state index contributed by atoms with van der Waals surface area (Å²) < 4.78 is 0. The first kappa shape index (κ1) is 15.8. The van der Waals surface area contributed by atoms with Crippen molar-refractivity contribution >= 4 is 19.2 Å². The van der Waals surface area contributed by atoms with E-state index in [4.69, 9.17) is 0 Å². The van der Waals surface area contributed by atoms with Crippen LogP contribution in [0.25, 0.3) is 22.3 Å². The first-order valence-electron chi connectivity index (χ1n) is 8.48. The van der Waals surface area contributed by atoms with Gasteiger partial charge < -0.3 is 0 Å². The Morgan fingerprint density at radius 1 is 0.360 bits per heavy atom. The third kappa shape index (κ3) is 3.55. The van der Waals surface area contributed by atoms with Crippen molar-refractivity contribution in [3.8, 4) is 22.3 Å². The van der Waals surface area contributed by atoms with Gasteiger partial charge in [0.15, 0.2) is 0 Å². The van der Waals surface area contributed by atoms with E-state index in [-0.39, 0.29) is 0 Å². The quantitative estimate of drug-likeness (QED) is 0.422. The van der Waals surface area contributed by atoms with E-state index in [1.807, 2.05) is 0 Å². The van der Waals surface area contributed by atoms with E-state index in [1.54, 1.807) is 0 Å². The van der Waals surface area contributed by atoms with Crippen molar-refractivity contribution in [3.63, 3.8) is 0 Å². The summed E-state index contributed by atoms with van der Waals surface area (Å²) in [7, 11) is 0.625. The summed E-state index contributed by atoms with van der Waals surface area (Å²) in [5.41, 5.74) is 5.21. The molecule has 25 heavy (non-hydrogen) atoms. The summed E-state index contributed by atoms with van der Waals surface area (Å²) in [6.07, 6.45) is 0. The van der Waals surface area contributed by atoms with Gasteiger partial charge in [0.2, 0.25) is 0 Å². The first-order valence-corrected chi connectivity index (χ1v) is 9.48. The lowest BCUT2D eigenvalue weighted by Gasteiger charge is -2.13. The van der Waals surface area contributed by atoms with Crippen LogP contribution in [-0.4, -0.2) is 0 Å². The van der Waals surface area contributed by atoms with Gasteiger partial charge in [0.05, 0.1) is 0 Å². The van der Waals surface area contributed by atoms with Crippen LogP contribution in [0.4, 0.5) is 0 Å². The number of hydrogen-bond donors (Lipinski definition) is 0. The molecule has 0 heterocycles. The van der Waals surface area contributed by atoms with Crippen LogP contribution in [0.3, 0.4) is 0 Å². The molecule has 0 fully saturated rings. The lowest BCUT2D eigenvalue weighted by molar-refractivity contribution is 1.64. The molecule has 4 rings (SSSR count). The third-order valence-electron chi connectivity index (χ3n) is 4.29. The molecule has 0 aliphatic rings. The highest BCUT2D eigenvalue weighted by Gasteiger charge is 2.09. The fourth-order valence-corrected chi connectivity index (χ4v) is 4.44. The van der Waals surface area contributed by atoms with E-state index >= 15 is 0 Å². The summed E-state index contributed by atoms with van der Waals surface area (Å²) in [6, 6.07) is 38.8. The minimum absolute atomic E-state index is 0.625. The van der Waals surface area contributed by atoms with Crippen LogP contribution in [0.5, 0.6) is 0 Å². The standard InChI is InChI=1S/C24H19P/c1-3-11-19(12-4-1)21-15-7-9-17-23(21)25-24-18-10-8-16-22(24)20-13-5-2-6-14-20/h1-18,25H. The summed E-state index contributed by atoms with van der Waals surface area (Å²) in [6.45, 7) is 0. The molecular weight excluding hydrogens is 319 g/mol. The highest BCUT2D eigenvalue weighted by Crippen LogP contribution is 2.27. The van der Waals surface area contributed by atoms with Crippen LogP contribution in [0.15, 0.2) is 109 Å². The van der Waals surface area contributed by atoms with E-state index in [0.717, 1.165) is 0 Å². The van der Waals surface area contributed by atoms with Crippen molar-refractivity contribution in [2.45, 2.75) is 0 Å². The fraction of sp³-hybridized carbons (Fsp3) is 0. The maximum Gasteiger partial charge on any atom is -0.0106 e. The second-order valence-electron chi connectivity index (χ2n) is 5.95. The number of rotatable bonds is 4. The Kier molecular flexibility index (Phi) is 4.72. The molecule has 0 nitrogen and oxygen atoms in total. The van der Waals surface area contributed by atoms with Gasteiger partial charge in [-0.25, -0.2) is 0 Å². The number of hydrogen-bond acceptors (Lipinski definition) is 0. The van der Waals surface area contributed by atoms with E-state index in [9.17, 15) is 0 Å². The molecule has 0 spiro atoms. The zero-order valence-corrected chi connectivity index (χ0v) is 14.9. The van der Waals surface area contributed by atoms with Crippen molar-refractivity contribution < 1.29 is 0 Å². The molecule has 0 unspecified atom stereocenters. The molecule has 1 heteroatoms. The van der Waals surface area contributed by atoms with Crippen LogP contribution in [0, 0.1) is 0 Å². The molecule has 0 saturated carbocycles. The van der Waals surface area contributed by atoms with Gasteiger partial charge >= 0.3 is 0 Å². The van der Waals surface area contributed by atoms with E-state index in [0.29, 0.717) is 8.58 Å². The maximum absolute atomic E-state index is 2.25. The van der Waals surface area contributed by atoms with Gasteiger partial charge in [0.1, 0.15) is 0 Å². The van der Waals surface area contributed by atoms with Crippen molar-refractivity contribution in [3.05, 3.63) is 109 Å². The molecule has 0 bridgehead atoms. The Hall–Kier alpha value is -2.69. The van der Waals surface area contributed by atoms with Crippen molar-refractivity contribution in [2.24, 2.45) is 0 Å². The average molecular weight is 338 g/mol. The van der Waals surface area contributed by atoms with Gasteiger partial charge in [0.25, 0.3) is 0 Å². The normalized spacial score (nSPS) is 10.6. The van der Waals surface area contributed by atoms with Crippen molar-refractivity contribution in [1.82, 2.24) is 0 Å². The SMILES string of the molecule is c1ccc(-c2ccccc2Pc2ccccc2-c2ccccc2)cc1. The molecule has 0 radical (unpaired) electrons. The van der Waals surface area contributed by atoms with Crippen LogP contribution >= 0.6 is 8.58 Å². The first-order chi connectivity index (χ1) is 12.4. The molecule has 4 aromatic carbocycles. The summed E-state index contributed by atoms with van der Waals surface area (Å²) in [5, 5.41) is 2.77. The van der Waals surface area contributed by atoms with Crippen molar-refractivity contribution in [1.29, 1.82) is 0 Å². The van der Waals surface area contributed by atoms with Gasteiger partial charge in [-0.05, 0) is 32.9 Å². The van der Waals surface area contributed by atoms with E-state index < -0.39 is 0 Å². The monoisotopic (exact) mass is 338 g/mol. The minimum Gasteiger partial charge on any atom is -0.0622 e. The topological polar surface area (TPSA) is 0 Å². The zero-order valence-electron chi connectivity index (χ0n) is 13.9. The molecule has 0 amide bonds. The fourth-order valence-electron chi connectivity index (χ4n) is 3.07. The van der Waals surface area contributed by atoms with Crippen LogP contribution in [-0.2, 0) is 0 Å². The zero-order chi connectivity index (χ0) is 16.9. The lowest BCUT2D eigenvalue weighted by atomic mass is 10.1. The second kappa shape index (κ2) is 7.47. The van der Waals surface area contributed by atoms with Crippen LogP contribution < -0.4 is 10.6 Å².